The van der Waals surface area contributed by atoms with Gasteiger partial charge in [-0.3, -0.25) is 0 Å². The van der Waals surface area contributed by atoms with Crippen LogP contribution in [-0.4, -0.2) is 50.3 Å². The van der Waals surface area contributed by atoms with Crippen molar-refractivity contribution >= 4 is 10.0 Å². The number of hydrogen-bond donors (Lipinski definition) is 0. The first kappa shape index (κ1) is 20.1. The smallest absolute Gasteiger partial charge is 0.243 e. The first-order valence-corrected chi connectivity index (χ1v) is 11.2. The Kier molecular flexibility index (Phi) is 6.35. The molecule has 0 aliphatic carbocycles. The van der Waals surface area contributed by atoms with Crippen LogP contribution in [0.2, 0.25) is 0 Å². The lowest BCUT2D eigenvalue weighted by atomic mass is 10.1. The second-order valence-electron chi connectivity index (χ2n) is 7.56. The van der Waals surface area contributed by atoms with Crippen LogP contribution < -0.4 is 0 Å². The first-order valence-electron chi connectivity index (χ1n) is 9.72. The number of sulfonamides is 1. The van der Waals surface area contributed by atoms with Gasteiger partial charge in [0, 0.05) is 26.2 Å². The molecule has 0 unspecified atom stereocenters. The molecule has 0 amide bonds. The Morgan fingerprint density at radius 1 is 0.889 bits per heavy atom. The van der Waals surface area contributed by atoms with Crippen LogP contribution in [0.5, 0.6) is 0 Å². The maximum Gasteiger partial charge on any atom is 0.243 e. The topological polar surface area (TPSA) is 40.6 Å². The maximum atomic E-state index is 13.2. The molecule has 5 heteroatoms. The molecule has 0 radical (unpaired) electrons. The fourth-order valence-electron chi connectivity index (χ4n) is 4.05. The highest BCUT2D eigenvalue weighted by Crippen LogP contribution is 2.26. The number of piperazine rings is 1. The largest absolute Gasteiger partial charge is 0.301 e. The van der Waals surface area contributed by atoms with Crippen molar-refractivity contribution in [1.29, 1.82) is 0 Å². The summed E-state index contributed by atoms with van der Waals surface area (Å²) in [4.78, 5) is 2.87. The fourth-order valence-corrected chi connectivity index (χ4v) is 5.88. The average Bonchev–Trinajstić information content (AvgIpc) is 2.62. The van der Waals surface area contributed by atoms with Crippen LogP contribution in [0.15, 0.2) is 47.4 Å². The summed E-state index contributed by atoms with van der Waals surface area (Å²) in [6.45, 7) is 9.56. The molecule has 1 heterocycles. The Morgan fingerprint density at radius 3 is 2.07 bits per heavy atom. The van der Waals surface area contributed by atoms with Gasteiger partial charge in [0.1, 0.15) is 0 Å². The number of hydrogen-bond acceptors (Lipinski definition) is 3. The third-order valence-electron chi connectivity index (χ3n) is 5.32. The van der Waals surface area contributed by atoms with E-state index >= 15 is 0 Å². The van der Waals surface area contributed by atoms with Crippen molar-refractivity contribution in [3.63, 3.8) is 0 Å². The first-order chi connectivity index (χ1) is 12.9. The van der Waals surface area contributed by atoms with E-state index in [1.807, 2.05) is 39.0 Å². The van der Waals surface area contributed by atoms with Gasteiger partial charge in [0.25, 0.3) is 0 Å². The second-order valence-corrected chi connectivity index (χ2v) is 9.44. The Hall–Kier alpha value is -1.69. The Balaban J connectivity index is 1.57. The minimum Gasteiger partial charge on any atom is -0.301 e. The van der Waals surface area contributed by atoms with Crippen molar-refractivity contribution in [2.75, 3.05) is 32.7 Å². The van der Waals surface area contributed by atoms with Crippen LogP contribution in [0.4, 0.5) is 0 Å². The molecule has 1 fully saturated rings. The van der Waals surface area contributed by atoms with E-state index in [0.717, 1.165) is 49.2 Å². The molecular weight excluding hydrogens is 356 g/mol. The Labute approximate surface area is 163 Å². The zero-order valence-electron chi connectivity index (χ0n) is 16.6. The summed E-state index contributed by atoms with van der Waals surface area (Å²) in [5, 5.41) is 0. The van der Waals surface area contributed by atoms with Crippen LogP contribution in [0.25, 0.3) is 0 Å². The molecule has 0 N–H and O–H groups in total. The standard InChI is InChI=1S/C22H30N2O2S/c1-18-16-19(2)22(20(3)17-18)27(25,26)24-14-12-23(13-15-24)11-7-10-21-8-5-4-6-9-21/h4-6,8-9,16-17H,7,10-15H2,1-3H3. The molecule has 27 heavy (non-hydrogen) atoms. The molecule has 4 nitrogen and oxygen atoms in total. The Bertz CT molecular complexity index is 847. The van der Waals surface area contributed by atoms with E-state index in [4.69, 9.17) is 0 Å². The molecule has 2 aromatic rings. The zero-order chi connectivity index (χ0) is 19.4. The van der Waals surface area contributed by atoms with Gasteiger partial charge in [-0.05, 0) is 56.8 Å². The molecule has 3 rings (SSSR count). The molecule has 0 spiro atoms. The SMILES string of the molecule is Cc1cc(C)c(S(=O)(=O)N2CCN(CCCc3ccccc3)CC2)c(C)c1. The third-order valence-corrected chi connectivity index (χ3v) is 7.52. The van der Waals surface area contributed by atoms with Crippen molar-refractivity contribution in [2.24, 2.45) is 0 Å². The van der Waals surface area contributed by atoms with Crippen LogP contribution >= 0.6 is 0 Å². The molecule has 0 bridgehead atoms. The van der Waals surface area contributed by atoms with E-state index in [1.54, 1.807) is 4.31 Å². The molecule has 146 valence electrons. The summed E-state index contributed by atoms with van der Waals surface area (Å²) >= 11 is 0. The summed E-state index contributed by atoms with van der Waals surface area (Å²) in [5.74, 6) is 0. The van der Waals surface area contributed by atoms with Crippen molar-refractivity contribution in [3.05, 3.63) is 64.7 Å². The van der Waals surface area contributed by atoms with Gasteiger partial charge >= 0.3 is 0 Å². The van der Waals surface area contributed by atoms with Gasteiger partial charge in [0.2, 0.25) is 10.0 Å². The van der Waals surface area contributed by atoms with E-state index < -0.39 is 10.0 Å². The second kappa shape index (κ2) is 8.55. The monoisotopic (exact) mass is 386 g/mol. The van der Waals surface area contributed by atoms with Gasteiger partial charge in [0.05, 0.1) is 4.90 Å². The molecule has 0 aromatic heterocycles. The van der Waals surface area contributed by atoms with Gasteiger partial charge in [-0.15, -0.1) is 0 Å². The minimum absolute atomic E-state index is 0.491. The molecule has 1 aliphatic rings. The predicted molar refractivity (Wildman–Crippen MR) is 111 cm³/mol. The summed E-state index contributed by atoms with van der Waals surface area (Å²) < 4.78 is 28.0. The maximum absolute atomic E-state index is 13.2. The van der Waals surface area contributed by atoms with Crippen molar-refractivity contribution in [2.45, 2.75) is 38.5 Å². The quantitative estimate of drug-likeness (QED) is 0.762. The molecule has 0 atom stereocenters. The number of aryl methyl sites for hydroxylation is 4. The number of rotatable bonds is 6. The molecular formula is C22H30N2O2S. The zero-order valence-corrected chi connectivity index (χ0v) is 17.4. The van der Waals surface area contributed by atoms with E-state index in [0.29, 0.717) is 18.0 Å². The highest BCUT2D eigenvalue weighted by atomic mass is 32.2. The summed E-state index contributed by atoms with van der Waals surface area (Å²) in [6, 6.07) is 14.4. The van der Waals surface area contributed by atoms with E-state index in [1.165, 1.54) is 5.56 Å². The van der Waals surface area contributed by atoms with E-state index in [2.05, 4.69) is 29.2 Å². The van der Waals surface area contributed by atoms with Gasteiger partial charge in [-0.25, -0.2) is 8.42 Å². The van der Waals surface area contributed by atoms with E-state index in [-0.39, 0.29) is 0 Å². The van der Waals surface area contributed by atoms with Gasteiger partial charge in [-0.2, -0.15) is 4.31 Å². The van der Waals surface area contributed by atoms with E-state index in [9.17, 15) is 8.42 Å². The minimum atomic E-state index is -3.42. The lowest BCUT2D eigenvalue weighted by Gasteiger charge is -2.34. The lowest BCUT2D eigenvalue weighted by molar-refractivity contribution is 0.186. The molecule has 1 aliphatic heterocycles. The molecule has 2 aromatic carbocycles. The lowest BCUT2D eigenvalue weighted by Crippen LogP contribution is -2.49. The highest BCUT2D eigenvalue weighted by Gasteiger charge is 2.30. The fraction of sp³-hybridized carbons (Fsp3) is 0.455. The van der Waals surface area contributed by atoms with Crippen molar-refractivity contribution < 1.29 is 8.42 Å². The number of nitrogens with zero attached hydrogens (tertiary/aromatic N) is 2. The van der Waals surface area contributed by atoms with Crippen molar-refractivity contribution in [3.8, 4) is 0 Å². The molecule has 1 saturated heterocycles. The predicted octanol–water partition coefficient (Wildman–Crippen LogP) is 3.55. The van der Waals surface area contributed by atoms with Crippen LogP contribution in [-0.2, 0) is 16.4 Å². The highest BCUT2D eigenvalue weighted by molar-refractivity contribution is 7.89. The normalized spacial score (nSPS) is 16.6. The van der Waals surface area contributed by atoms with Gasteiger partial charge in [-0.1, -0.05) is 48.0 Å². The average molecular weight is 387 g/mol. The summed E-state index contributed by atoms with van der Waals surface area (Å²) in [7, 11) is -3.42. The Morgan fingerprint density at radius 2 is 1.48 bits per heavy atom. The summed E-state index contributed by atoms with van der Waals surface area (Å²) in [6.07, 6.45) is 2.17. The van der Waals surface area contributed by atoms with Gasteiger partial charge in [0.15, 0.2) is 0 Å². The van der Waals surface area contributed by atoms with Crippen LogP contribution in [0.3, 0.4) is 0 Å². The molecule has 0 saturated carbocycles. The third kappa shape index (κ3) is 4.78. The van der Waals surface area contributed by atoms with Gasteiger partial charge < -0.3 is 4.90 Å². The van der Waals surface area contributed by atoms with Crippen molar-refractivity contribution in [1.82, 2.24) is 9.21 Å². The number of benzene rings is 2. The summed E-state index contributed by atoms with van der Waals surface area (Å²) in [5.41, 5.74) is 4.16. The van der Waals surface area contributed by atoms with Crippen LogP contribution in [0, 0.1) is 20.8 Å². The van der Waals surface area contributed by atoms with Crippen LogP contribution in [0.1, 0.15) is 28.7 Å².